The first kappa shape index (κ1) is 12.2. The van der Waals surface area contributed by atoms with Gasteiger partial charge in [-0.1, -0.05) is 28.1 Å². The second kappa shape index (κ2) is 5.87. The van der Waals surface area contributed by atoms with Gasteiger partial charge in [0.1, 0.15) is 12.4 Å². The fraction of sp³-hybridized carbons (Fsp3) is 0.308. The van der Waals surface area contributed by atoms with E-state index in [1.165, 1.54) is 5.56 Å². The van der Waals surface area contributed by atoms with Crippen LogP contribution in [0.15, 0.2) is 36.7 Å². The minimum Gasteiger partial charge on any atom is -0.489 e. The summed E-state index contributed by atoms with van der Waals surface area (Å²) in [6.45, 7) is 3.52. The molecule has 1 heterocycles. The number of aryl methyl sites for hydroxylation is 1. The molecule has 0 N–H and O–H groups in total. The van der Waals surface area contributed by atoms with Crippen molar-refractivity contribution in [3.05, 3.63) is 47.8 Å². The fourth-order valence-corrected chi connectivity index (χ4v) is 1.87. The molecule has 0 aliphatic heterocycles. The summed E-state index contributed by atoms with van der Waals surface area (Å²) in [4.78, 5) is 0. The van der Waals surface area contributed by atoms with E-state index in [1.54, 1.807) is 0 Å². The zero-order chi connectivity index (χ0) is 12.1. The van der Waals surface area contributed by atoms with Gasteiger partial charge in [0.2, 0.25) is 0 Å². The molecular weight excluding hydrogens is 280 g/mol. The average molecular weight is 295 g/mol. The smallest absolute Gasteiger partial charge is 0.119 e. The van der Waals surface area contributed by atoms with Crippen molar-refractivity contribution < 1.29 is 4.74 Å². The topological polar surface area (TPSA) is 27.1 Å². The number of ether oxygens (including phenoxy) is 1. The third-order valence-electron chi connectivity index (χ3n) is 2.49. The van der Waals surface area contributed by atoms with Crippen molar-refractivity contribution in [3.63, 3.8) is 0 Å². The van der Waals surface area contributed by atoms with Crippen molar-refractivity contribution in [2.45, 2.75) is 25.4 Å². The lowest BCUT2D eigenvalue weighted by Crippen LogP contribution is -1.95. The van der Waals surface area contributed by atoms with Gasteiger partial charge in [-0.2, -0.15) is 5.10 Å². The highest BCUT2D eigenvalue weighted by molar-refractivity contribution is 9.08. The van der Waals surface area contributed by atoms with E-state index in [0.717, 1.165) is 23.2 Å². The molecule has 0 radical (unpaired) electrons. The number of benzene rings is 1. The van der Waals surface area contributed by atoms with E-state index in [4.69, 9.17) is 4.74 Å². The van der Waals surface area contributed by atoms with Crippen LogP contribution in [-0.2, 0) is 18.5 Å². The maximum absolute atomic E-state index is 5.68. The second-order valence-electron chi connectivity index (χ2n) is 3.77. The number of halogens is 1. The molecule has 17 heavy (non-hydrogen) atoms. The Kier molecular flexibility index (Phi) is 4.20. The first-order valence-corrected chi connectivity index (χ1v) is 6.73. The van der Waals surface area contributed by atoms with Crippen LogP contribution in [0.1, 0.15) is 18.1 Å². The van der Waals surface area contributed by atoms with E-state index in [-0.39, 0.29) is 0 Å². The fourth-order valence-electron chi connectivity index (χ4n) is 1.50. The number of alkyl halides is 1. The van der Waals surface area contributed by atoms with Gasteiger partial charge < -0.3 is 4.74 Å². The molecule has 90 valence electrons. The summed E-state index contributed by atoms with van der Waals surface area (Å²) in [6, 6.07) is 8.08. The predicted molar refractivity (Wildman–Crippen MR) is 71.3 cm³/mol. The first-order valence-electron chi connectivity index (χ1n) is 5.61. The lowest BCUT2D eigenvalue weighted by molar-refractivity contribution is 0.306. The van der Waals surface area contributed by atoms with Crippen molar-refractivity contribution >= 4 is 15.9 Å². The minimum atomic E-state index is 0.563. The van der Waals surface area contributed by atoms with Gasteiger partial charge in [0.05, 0.1) is 6.20 Å². The quantitative estimate of drug-likeness (QED) is 0.791. The van der Waals surface area contributed by atoms with Crippen LogP contribution in [-0.4, -0.2) is 9.78 Å². The summed E-state index contributed by atoms with van der Waals surface area (Å²) in [5, 5.41) is 5.08. The molecule has 0 saturated carbocycles. The Bertz CT molecular complexity index is 465. The Morgan fingerprint density at radius 3 is 2.59 bits per heavy atom. The Balaban J connectivity index is 1.92. The Morgan fingerprint density at radius 2 is 2.00 bits per heavy atom. The molecule has 0 amide bonds. The van der Waals surface area contributed by atoms with E-state index in [0.29, 0.717) is 6.61 Å². The lowest BCUT2D eigenvalue weighted by atomic mass is 10.2. The van der Waals surface area contributed by atoms with Crippen molar-refractivity contribution in [3.8, 4) is 5.75 Å². The third-order valence-corrected chi connectivity index (χ3v) is 3.14. The second-order valence-corrected chi connectivity index (χ2v) is 4.33. The van der Waals surface area contributed by atoms with Crippen LogP contribution in [0, 0.1) is 0 Å². The predicted octanol–water partition coefficient (Wildman–Crippen LogP) is 3.38. The summed E-state index contributed by atoms with van der Waals surface area (Å²) in [5.41, 5.74) is 2.34. The number of nitrogens with zero attached hydrogens (tertiary/aromatic N) is 2. The minimum absolute atomic E-state index is 0.563. The first-order chi connectivity index (χ1) is 8.31. The van der Waals surface area contributed by atoms with Crippen molar-refractivity contribution in [1.29, 1.82) is 0 Å². The highest BCUT2D eigenvalue weighted by Crippen LogP contribution is 2.15. The van der Waals surface area contributed by atoms with Crippen LogP contribution in [0.4, 0.5) is 0 Å². The molecule has 0 spiro atoms. The van der Waals surface area contributed by atoms with E-state index < -0.39 is 0 Å². The van der Waals surface area contributed by atoms with Crippen molar-refractivity contribution in [2.75, 3.05) is 0 Å². The van der Waals surface area contributed by atoms with Crippen molar-refractivity contribution in [2.24, 2.45) is 0 Å². The van der Waals surface area contributed by atoms with Crippen LogP contribution < -0.4 is 4.74 Å². The monoisotopic (exact) mass is 294 g/mol. The molecule has 0 unspecified atom stereocenters. The van der Waals surface area contributed by atoms with Crippen LogP contribution in [0.5, 0.6) is 5.75 Å². The van der Waals surface area contributed by atoms with E-state index >= 15 is 0 Å². The standard InChI is InChI=1S/C13H15BrN2O/c1-2-16-9-12(8-15-16)10-17-13-5-3-11(7-14)4-6-13/h3-6,8-9H,2,7,10H2,1H3. The molecule has 2 rings (SSSR count). The SMILES string of the molecule is CCn1cc(COc2ccc(CBr)cc2)cn1. The summed E-state index contributed by atoms with van der Waals surface area (Å²) < 4.78 is 7.58. The molecule has 3 nitrogen and oxygen atoms in total. The number of hydrogen-bond acceptors (Lipinski definition) is 2. The van der Waals surface area contributed by atoms with Gasteiger partial charge in [0, 0.05) is 23.6 Å². The van der Waals surface area contributed by atoms with Gasteiger partial charge >= 0.3 is 0 Å². The largest absolute Gasteiger partial charge is 0.489 e. The van der Waals surface area contributed by atoms with Gasteiger partial charge in [0.25, 0.3) is 0 Å². The molecule has 2 aromatic rings. The maximum Gasteiger partial charge on any atom is 0.119 e. The number of aromatic nitrogens is 2. The Labute approximate surface area is 110 Å². The third kappa shape index (κ3) is 3.33. The molecule has 0 fully saturated rings. The Morgan fingerprint density at radius 1 is 1.24 bits per heavy atom. The molecule has 0 aliphatic rings. The number of rotatable bonds is 5. The van der Waals surface area contributed by atoms with E-state index in [1.807, 2.05) is 29.2 Å². The molecule has 4 heteroatoms. The molecule has 0 aliphatic carbocycles. The molecule has 1 aromatic carbocycles. The van der Waals surface area contributed by atoms with Gasteiger partial charge in [0.15, 0.2) is 0 Å². The van der Waals surface area contributed by atoms with Gasteiger partial charge in [-0.3, -0.25) is 4.68 Å². The van der Waals surface area contributed by atoms with Crippen LogP contribution >= 0.6 is 15.9 Å². The zero-order valence-electron chi connectivity index (χ0n) is 9.77. The molecule has 0 saturated heterocycles. The Hall–Kier alpha value is -1.29. The summed E-state index contributed by atoms with van der Waals surface area (Å²) in [5.74, 6) is 0.888. The highest BCUT2D eigenvalue weighted by atomic mass is 79.9. The molecule has 0 atom stereocenters. The van der Waals surface area contributed by atoms with Gasteiger partial charge in [-0.25, -0.2) is 0 Å². The van der Waals surface area contributed by atoms with Crippen molar-refractivity contribution in [1.82, 2.24) is 9.78 Å². The van der Waals surface area contributed by atoms with E-state index in [9.17, 15) is 0 Å². The summed E-state index contributed by atoms with van der Waals surface area (Å²) in [6.07, 6.45) is 3.85. The van der Waals surface area contributed by atoms with E-state index in [2.05, 4.69) is 40.1 Å². The average Bonchev–Trinajstić information content (AvgIpc) is 2.85. The normalized spacial score (nSPS) is 10.5. The van der Waals surface area contributed by atoms with Crippen LogP contribution in [0.3, 0.4) is 0 Å². The van der Waals surface area contributed by atoms with Gasteiger partial charge in [-0.15, -0.1) is 0 Å². The highest BCUT2D eigenvalue weighted by Gasteiger charge is 1.99. The summed E-state index contributed by atoms with van der Waals surface area (Å²) >= 11 is 3.42. The lowest BCUT2D eigenvalue weighted by Gasteiger charge is -2.04. The van der Waals surface area contributed by atoms with Gasteiger partial charge in [-0.05, 0) is 24.6 Å². The van der Waals surface area contributed by atoms with Crippen LogP contribution in [0.2, 0.25) is 0 Å². The number of hydrogen-bond donors (Lipinski definition) is 0. The molecular formula is C13H15BrN2O. The maximum atomic E-state index is 5.68. The molecule has 1 aromatic heterocycles. The zero-order valence-corrected chi connectivity index (χ0v) is 11.4. The molecule has 0 bridgehead atoms. The summed E-state index contributed by atoms with van der Waals surface area (Å²) in [7, 11) is 0. The van der Waals surface area contributed by atoms with Crippen LogP contribution in [0.25, 0.3) is 0 Å².